The Kier molecular flexibility index (Phi) is 5.44. The fourth-order valence-electron chi connectivity index (χ4n) is 2.80. The molecule has 0 aromatic rings. The third-order valence-corrected chi connectivity index (χ3v) is 15.5. The smallest absolute Gasteiger partial charge is 0.307 e. The van der Waals surface area contributed by atoms with Crippen LogP contribution in [0.25, 0.3) is 0 Å². The lowest BCUT2D eigenvalue weighted by Crippen LogP contribution is -2.80. The van der Waals surface area contributed by atoms with Crippen LogP contribution in [-0.2, 0) is 0 Å². The Morgan fingerprint density at radius 2 is 0.842 bits per heavy atom. The molecule has 19 heavy (non-hydrogen) atoms. The molecule has 0 amide bonds. The van der Waals surface area contributed by atoms with E-state index in [9.17, 15) is 8.22 Å². The molecular formula is C12H32F2N2Si3. The SMILES string of the molecule is CC(C)(C)[Si](N[Si](C)(C)F)(N[Si](C)(C)F)C(C)(C)C. The molecular weight excluding hydrogens is 294 g/mol. The van der Waals surface area contributed by atoms with Crippen LogP contribution in [0, 0.1) is 0 Å². The van der Waals surface area contributed by atoms with Crippen LogP contribution < -0.4 is 9.30 Å². The summed E-state index contributed by atoms with van der Waals surface area (Å²) in [6, 6.07) is 0. The summed E-state index contributed by atoms with van der Waals surface area (Å²) in [7, 11) is -8.61. The van der Waals surface area contributed by atoms with Gasteiger partial charge in [-0.15, -0.1) is 0 Å². The van der Waals surface area contributed by atoms with Gasteiger partial charge >= 0.3 is 17.1 Å². The van der Waals surface area contributed by atoms with E-state index in [2.05, 4.69) is 50.8 Å². The second-order valence-electron chi connectivity index (χ2n) is 8.44. The molecule has 116 valence electrons. The summed E-state index contributed by atoms with van der Waals surface area (Å²) in [6.45, 7) is 19.1. The molecule has 0 aliphatic carbocycles. The number of halogens is 2. The summed E-state index contributed by atoms with van der Waals surface area (Å²) in [5, 5.41) is -0.365. The van der Waals surface area contributed by atoms with E-state index in [1.807, 2.05) is 0 Å². The van der Waals surface area contributed by atoms with E-state index in [4.69, 9.17) is 0 Å². The lowest BCUT2D eigenvalue weighted by atomic mass is 10.2. The van der Waals surface area contributed by atoms with Gasteiger partial charge in [-0.25, -0.2) is 0 Å². The molecule has 0 bridgehead atoms. The lowest BCUT2D eigenvalue weighted by Gasteiger charge is -2.55. The zero-order valence-electron chi connectivity index (χ0n) is 14.3. The molecule has 2 nitrogen and oxygen atoms in total. The quantitative estimate of drug-likeness (QED) is 0.585. The Balaban J connectivity index is 5.91. The van der Waals surface area contributed by atoms with Crippen LogP contribution in [0.4, 0.5) is 8.22 Å². The zero-order valence-corrected chi connectivity index (χ0v) is 17.3. The van der Waals surface area contributed by atoms with Crippen molar-refractivity contribution in [3.8, 4) is 0 Å². The predicted octanol–water partition coefficient (Wildman–Crippen LogP) is 4.55. The Morgan fingerprint density at radius 1 is 0.632 bits per heavy atom. The van der Waals surface area contributed by atoms with Crippen LogP contribution in [0.3, 0.4) is 0 Å². The minimum Gasteiger partial charge on any atom is -0.322 e. The topological polar surface area (TPSA) is 24.1 Å². The molecule has 0 aliphatic heterocycles. The molecule has 2 N–H and O–H groups in total. The molecule has 0 heterocycles. The molecule has 0 atom stereocenters. The van der Waals surface area contributed by atoms with E-state index in [0.29, 0.717) is 0 Å². The average Bonchev–Trinajstić information content (AvgIpc) is 1.91. The third kappa shape index (κ3) is 5.37. The van der Waals surface area contributed by atoms with E-state index >= 15 is 0 Å². The second kappa shape index (κ2) is 5.32. The predicted molar refractivity (Wildman–Crippen MR) is 88.6 cm³/mol. The minimum atomic E-state index is -3.01. The van der Waals surface area contributed by atoms with Crippen LogP contribution in [0.15, 0.2) is 0 Å². The normalized spacial score (nSPS) is 15.8. The number of rotatable bonds is 4. The number of hydrogen-bond donors (Lipinski definition) is 2. The van der Waals surface area contributed by atoms with Crippen molar-refractivity contribution >= 4 is 25.5 Å². The largest absolute Gasteiger partial charge is 0.322 e. The third-order valence-electron chi connectivity index (χ3n) is 3.22. The summed E-state index contributed by atoms with van der Waals surface area (Å²) in [5.41, 5.74) is 0. The Labute approximate surface area is 121 Å². The highest BCUT2D eigenvalue weighted by Gasteiger charge is 2.58. The second-order valence-corrected chi connectivity index (χ2v) is 20.8. The van der Waals surface area contributed by atoms with Gasteiger partial charge in [0.2, 0.25) is 8.40 Å². The monoisotopic (exact) mass is 326 g/mol. The first-order valence-corrected chi connectivity index (χ1v) is 14.6. The Hall–Kier alpha value is 0.431. The van der Waals surface area contributed by atoms with Gasteiger partial charge in [-0.1, -0.05) is 41.5 Å². The lowest BCUT2D eigenvalue weighted by molar-refractivity contribution is 0.571. The molecule has 0 saturated heterocycles. The van der Waals surface area contributed by atoms with Gasteiger partial charge in [0.1, 0.15) is 0 Å². The van der Waals surface area contributed by atoms with E-state index in [1.54, 1.807) is 26.2 Å². The number of hydrogen-bond acceptors (Lipinski definition) is 2. The maximum Gasteiger partial charge on any atom is 0.307 e. The Morgan fingerprint density at radius 3 is 0.947 bits per heavy atom. The molecule has 0 aromatic carbocycles. The standard InChI is InChI=1S/C12H32F2N2Si3/c1-11(2,3)19(12(4,5)6,15-17(7,8)13)16-18(9,10)14/h15-16H,1-10H3. The van der Waals surface area contributed by atoms with Crippen molar-refractivity contribution in [2.24, 2.45) is 0 Å². The molecule has 0 aliphatic rings. The molecule has 0 unspecified atom stereocenters. The van der Waals surface area contributed by atoms with Gasteiger partial charge in [0.15, 0.2) is 0 Å². The van der Waals surface area contributed by atoms with Crippen molar-refractivity contribution in [1.82, 2.24) is 9.30 Å². The first-order chi connectivity index (χ1) is 7.91. The van der Waals surface area contributed by atoms with Crippen molar-refractivity contribution in [3.05, 3.63) is 0 Å². The van der Waals surface area contributed by atoms with Crippen LogP contribution in [0.1, 0.15) is 41.5 Å². The van der Waals surface area contributed by atoms with Crippen molar-refractivity contribution < 1.29 is 8.22 Å². The molecule has 7 heteroatoms. The molecule has 0 radical (unpaired) electrons. The van der Waals surface area contributed by atoms with Gasteiger partial charge in [-0.05, 0) is 36.3 Å². The minimum absolute atomic E-state index is 0.183. The molecule has 0 aromatic heterocycles. The molecule has 0 fully saturated rings. The maximum absolute atomic E-state index is 14.4. The average molecular weight is 327 g/mol. The van der Waals surface area contributed by atoms with Crippen molar-refractivity contribution in [1.29, 1.82) is 0 Å². The van der Waals surface area contributed by atoms with Gasteiger partial charge < -0.3 is 9.30 Å². The van der Waals surface area contributed by atoms with Gasteiger partial charge in [-0.3, -0.25) is 8.22 Å². The summed E-state index contributed by atoms with van der Waals surface area (Å²) in [6.07, 6.45) is 0. The summed E-state index contributed by atoms with van der Waals surface area (Å²) >= 11 is 0. The van der Waals surface area contributed by atoms with Crippen LogP contribution in [-0.4, -0.2) is 25.5 Å². The van der Waals surface area contributed by atoms with E-state index < -0.39 is 25.5 Å². The van der Waals surface area contributed by atoms with Gasteiger partial charge in [-0.2, -0.15) is 0 Å². The fourth-order valence-corrected chi connectivity index (χ4v) is 19.0. The zero-order chi connectivity index (χ0) is 15.9. The van der Waals surface area contributed by atoms with Crippen molar-refractivity contribution in [2.45, 2.75) is 77.8 Å². The first kappa shape index (κ1) is 19.4. The van der Waals surface area contributed by atoms with Crippen LogP contribution >= 0.6 is 0 Å². The maximum atomic E-state index is 14.4. The molecule has 0 rings (SSSR count). The van der Waals surface area contributed by atoms with Crippen LogP contribution in [0.5, 0.6) is 0 Å². The van der Waals surface area contributed by atoms with Crippen LogP contribution in [0.2, 0.25) is 36.3 Å². The van der Waals surface area contributed by atoms with E-state index in [0.717, 1.165) is 0 Å². The number of nitrogens with one attached hydrogen (secondary N) is 2. The van der Waals surface area contributed by atoms with E-state index in [-0.39, 0.29) is 10.1 Å². The summed E-state index contributed by atoms with van der Waals surface area (Å²) in [4.78, 5) is 0. The first-order valence-electron chi connectivity index (χ1n) is 6.88. The summed E-state index contributed by atoms with van der Waals surface area (Å²) in [5.74, 6) is 0. The van der Waals surface area contributed by atoms with Gasteiger partial charge in [0.25, 0.3) is 0 Å². The Bertz CT molecular complexity index is 277. The summed E-state index contributed by atoms with van der Waals surface area (Å²) < 4.78 is 35.5. The van der Waals surface area contributed by atoms with Gasteiger partial charge in [0, 0.05) is 0 Å². The van der Waals surface area contributed by atoms with E-state index in [1.165, 1.54) is 0 Å². The highest BCUT2D eigenvalue weighted by atomic mass is 28.5. The molecule has 0 spiro atoms. The fraction of sp³-hybridized carbons (Fsp3) is 1.00. The van der Waals surface area contributed by atoms with Crippen molar-refractivity contribution in [3.63, 3.8) is 0 Å². The highest BCUT2D eigenvalue weighted by molar-refractivity contribution is 6.97. The molecule has 0 saturated carbocycles. The van der Waals surface area contributed by atoms with Gasteiger partial charge in [0.05, 0.1) is 0 Å². The highest BCUT2D eigenvalue weighted by Crippen LogP contribution is 2.48. The van der Waals surface area contributed by atoms with Crippen molar-refractivity contribution in [2.75, 3.05) is 0 Å².